The van der Waals surface area contributed by atoms with Gasteiger partial charge in [-0.1, -0.05) is 41.1 Å². The Labute approximate surface area is 116 Å². The molecule has 2 aromatic carbocycles. The summed E-state index contributed by atoms with van der Waals surface area (Å²) in [5.74, 6) is 0.974. The second-order valence-corrected chi connectivity index (χ2v) is 4.81. The van der Waals surface area contributed by atoms with Crippen LogP contribution >= 0.6 is 0 Å². The van der Waals surface area contributed by atoms with E-state index in [0.717, 1.165) is 11.1 Å². The first-order valence-electron chi connectivity index (χ1n) is 6.34. The minimum atomic E-state index is 0.143. The minimum Gasteiger partial charge on any atom is -0.507 e. The van der Waals surface area contributed by atoms with Crippen LogP contribution in [0.4, 0.5) is 0 Å². The molecular weight excluding hydrogens is 252 g/mol. The van der Waals surface area contributed by atoms with E-state index in [2.05, 4.69) is 10.1 Å². The van der Waals surface area contributed by atoms with Crippen LogP contribution in [0.15, 0.2) is 47.0 Å². The van der Waals surface area contributed by atoms with Gasteiger partial charge < -0.3 is 9.63 Å². The fourth-order valence-corrected chi connectivity index (χ4v) is 1.98. The predicted octanol–water partition coefficient (Wildman–Crippen LogP) is 3.73. The zero-order valence-electron chi connectivity index (χ0n) is 11.3. The van der Waals surface area contributed by atoms with Gasteiger partial charge in [0.2, 0.25) is 5.82 Å². The number of phenolic OH excluding ortho intramolecular Hbond substituents is 1. The van der Waals surface area contributed by atoms with Gasteiger partial charge in [-0.2, -0.15) is 4.98 Å². The van der Waals surface area contributed by atoms with Crippen molar-refractivity contribution < 1.29 is 9.63 Å². The van der Waals surface area contributed by atoms with Crippen LogP contribution in [0, 0.1) is 13.8 Å². The third-order valence-electron chi connectivity index (χ3n) is 3.12. The van der Waals surface area contributed by atoms with E-state index in [-0.39, 0.29) is 5.75 Å². The lowest BCUT2D eigenvalue weighted by Gasteiger charge is -1.99. The molecule has 1 heterocycles. The fourth-order valence-electron chi connectivity index (χ4n) is 1.98. The summed E-state index contributed by atoms with van der Waals surface area (Å²) in [5.41, 5.74) is 3.58. The predicted molar refractivity (Wildman–Crippen MR) is 76.3 cm³/mol. The van der Waals surface area contributed by atoms with E-state index in [4.69, 9.17) is 4.52 Å². The average molecular weight is 266 g/mol. The Balaban J connectivity index is 1.99. The molecule has 0 radical (unpaired) electrons. The number of nitrogens with zero attached hydrogens (tertiary/aromatic N) is 2. The highest BCUT2D eigenvalue weighted by atomic mass is 16.5. The monoisotopic (exact) mass is 266 g/mol. The summed E-state index contributed by atoms with van der Waals surface area (Å²) < 4.78 is 5.23. The van der Waals surface area contributed by atoms with Gasteiger partial charge in [-0.05, 0) is 31.5 Å². The van der Waals surface area contributed by atoms with Gasteiger partial charge in [-0.25, -0.2) is 0 Å². The first-order valence-corrected chi connectivity index (χ1v) is 6.34. The first kappa shape index (κ1) is 12.4. The van der Waals surface area contributed by atoms with E-state index in [1.165, 1.54) is 5.56 Å². The van der Waals surface area contributed by atoms with Crippen molar-refractivity contribution in [2.24, 2.45) is 0 Å². The summed E-state index contributed by atoms with van der Waals surface area (Å²) in [6.45, 7) is 3.94. The van der Waals surface area contributed by atoms with Crippen LogP contribution in [0.3, 0.4) is 0 Å². The van der Waals surface area contributed by atoms with Gasteiger partial charge in [-0.3, -0.25) is 0 Å². The Bertz CT molecular complexity index is 745. The molecule has 4 nitrogen and oxygen atoms in total. The molecule has 0 fully saturated rings. The van der Waals surface area contributed by atoms with Gasteiger partial charge in [0.15, 0.2) is 0 Å². The van der Waals surface area contributed by atoms with Crippen molar-refractivity contribution in [1.82, 2.24) is 10.1 Å². The number of aryl methyl sites for hydroxylation is 2. The average Bonchev–Trinajstić information content (AvgIpc) is 2.89. The van der Waals surface area contributed by atoms with Crippen LogP contribution in [0.25, 0.3) is 22.8 Å². The summed E-state index contributed by atoms with van der Waals surface area (Å²) in [6.07, 6.45) is 0. The third-order valence-corrected chi connectivity index (χ3v) is 3.12. The molecule has 0 amide bonds. The van der Waals surface area contributed by atoms with Gasteiger partial charge in [0.05, 0.1) is 5.56 Å². The molecule has 0 bridgehead atoms. The molecule has 1 aromatic heterocycles. The molecule has 3 aromatic rings. The molecule has 3 rings (SSSR count). The van der Waals surface area contributed by atoms with Crippen molar-refractivity contribution in [2.45, 2.75) is 13.8 Å². The molecule has 4 heteroatoms. The summed E-state index contributed by atoms with van der Waals surface area (Å²) in [4.78, 5) is 4.33. The number of aromatic nitrogens is 2. The van der Waals surface area contributed by atoms with Gasteiger partial charge in [0.1, 0.15) is 5.75 Å². The van der Waals surface area contributed by atoms with E-state index in [1.54, 1.807) is 12.1 Å². The normalized spacial score (nSPS) is 10.7. The lowest BCUT2D eigenvalue weighted by molar-refractivity contribution is 0.425. The molecular formula is C16H14N2O2. The second-order valence-electron chi connectivity index (χ2n) is 4.81. The van der Waals surface area contributed by atoms with Crippen molar-refractivity contribution in [3.8, 4) is 28.6 Å². The van der Waals surface area contributed by atoms with Gasteiger partial charge >= 0.3 is 0 Å². The van der Waals surface area contributed by atoms with Crippen LogP contribution in [-0.4, -0.2) is 15.2 Å². The zero-order valence-corrected chi connectivity index (χ0v) is 11.3. The lowest BCUT2D eigenvalue weighted by Crippen LogP contribution is -1.83. The topological polar surface area (TPSA) is 59.2 Å². The van der Waals surface area contributed by atoms with Crippen molar-refractivity contribution in [3.63, 3.8) is 0 Å². The standard InChI is InChI=1S/C16H14N2O2/c1-10-3-6-12(7-4-10)15-17-16(20-18-15)13-8-5-11(2)9-14(13)19/h3-9,19H,1-2H3. The molecule has 0 saturated carbocycles. The maximum Gasteiger partial charge on any atom is 0.261 e. The number of phenols is 1. The van der Waals surface area contributed by atoms with Crippen molar-refractivity contribution in [1.29, 1.82) is 0 Å². The lowest BCUT2D eigenvalue weighted by atomic mass is 10.1. The highest BCUT2D eigenvalue weighted by Gasteiger charge is 2.13. The molecule has 0 atom stereocenters. The van der Waals surface area contributed by atoms with Crippen LogP contribution < -0.4 is 0 Å². The van der Waals surface area contributed by atoms with Crippen molar-refractivity contribution >= 4 is 0 Å². The Morgan fingerprint density at radius 1 is 0.950 bits per heavy atom. The number of hydrogen-bond acceptors (Lipinski definition) is 4. The SMILES string of the molecule is Cc1ccc(-c2noc(-c3ccc(C)cc3O)n2)cc1. The summed E-state index contributed by atoms with van der Waals surface area (Å²) in [5, 5.41) is 13.9. The molecule has 0 saturated heterocycles. The quantitative estimate of drug-likeness (QED) is 0.767. The molecule has 100 valence electrons. The Hall–Kier alpha value is -2.62. The van der Waals surface area contributed by atoms with E-state index in [1.807, 2.05) is 44.2 Å². The number of hydrogen-bond donors (Lipinski definition) is 1. The third kappa shape index (κ3) is 2.28. The van der Waals surface area contributed by atoms with Crippen LogP contribution in [0.5, 0.6) is 5.75 Å². The number of rotatable bonds is 2. The van der Waals surface area contributed by atoms with Gasteiger partial charge in [0, 0.05) is 5.56 Å². The van der Waals surface area contributed by atoms with Crippen molar-refractivity contribution in [2.75, 3.05) is 0 Å². The molecule has 20 heavy (non-hydrogen) atoms. The zero-order chi connectivity index (χ0) is 14.1. The van der Waals surface area contributed by atoms with Crippen LogP contribution in [0.1, 0.15) is 11.1 Å². The smallest absolute Gasteiger partial charge is 0.261 e. The summed E-state index contributed by atoms with van der Waals surface area (Å²) in [7, 11) is 0. The highest BCUT2D eigenvalue weighted by Crippen LogP contribution is 2.30. The van der Waals surface area contributed by atoms with E-state index in [0.29, 0.717) is 17.3 Å². The minimum absolute atomic E-state index is 0.143. The fraction of sp³-hybridized carbons (Fsp3) is 0.125. The summed E-state index contributed by atoms with van der Waals surface area (Å²) >= 11 is 0. The molecule has 0 aliphatic rings. The number of benzene rings is 2. The Morgan fingerprint density at radius 3 is 2.35 bits per heavy atom. The summed E-state index contributed by atoms with van der Waals surface area (Å²) in [6, 6.07) is 13.2. The molecule has 0 unspecified atom stereocenters. The molecule has 0 aliphatic carbocycles. The van der Waals surface area contributed by atoms with Gasteiger partial charge in [0.25, 0.3) is 5.89 Å². The van der Waals surface area contributed by atoms with Crippen LogP contribution in [0.2, 0.25) is 0 Å². The van der Waals surface area contributed by atoms with Crippen molar-refractivity contribution in [3.05, 3.63) is 53.6 Å². The van der Waals surface area contributed by atoms with E-state index >= 15 is 0 Å². The largest absolute Gasteiger partial charge is 0.507 e. The van der Waals surface area contributed by atoms with E-state index in [9.17, 15) is 5.11 Å². The van der Waals surface area contributed by atoms with E-state index < -0.39 is 0 Å². The Kier molecular flexibility index (Phi) is 2.99. The number of aromatic hydroxyl groups is 1. The maximum absolute atomic E-state index is 9.93. The van der Waals surface area contributed by atoms with Crippen LogP contribution in [-0.2, 0) is 0 Å². The molecule has 0 spiro atoms. The molecule has 1 N–H and O–H groups in total. The highest BCUT2D eigenvalue weighted by molar-refractivity contribution is 5.65. The second kappa shape index (κ2) is 4.81. The van der Waals surface area contributed by atoms with Gasteiger partial charge in [-0.15, -0.1) is 0 Å². The maximum atomic E-state index is 9.93. The Morgan fingerprint density at radius 2 is 1.65 bits per heavy atom. The first-order chi connectivity index (χ1) is 9.63. The molecule has 0 aliphatic heterocycles.